The van der Waals surface area contributed by atoms with E-state index in [1.165, 1.54) is 25.1 Å². The molecule has 0 aliphatic heterocycles. The number of hydrogen-bond donors (Lipinski definition) is 2. The van der Waals surface area contributed by atoms with Crippen molar-refractivity contribution < 1.29 is 14.3 Å². The maximum absolute atomic E-state index is 12.8. The highest BCUT2D eigenvalue weighted by Gasteiger charge is 2.12. The Labute approximate surface area is 178 Å². The summed E-state index contributed by atoms with van der Waals surface area (Å²) in [5, 5.41) is 4.50. The molecule has 160 valence electrons. The summed E-state index contributed by atoms with van der Waals surface area (Å²) in [6.07, 6.45) is 4.35. The van der Waals surface area contributed by atoms with Crippen molar-refractivity contribution in [2.24, 2.45) is 0 Å². The first kappa shape index (κ1) is 20.5. The number of carbonyl (C=O) groups is 1. The van der Waals surface area contributed by atoms with Crippen molar-refractivity contribution in [2.75, 3.05) is 20.8 Å². The minimum Gasteiger partial charge on any atom is -0.493 e. The van der Waals surface area contributed by atoms with Gasteiger partial charge in [0.15, 0.2) is 11.5 Å². The van der Waals surface area contributed by atoms with Gasteiger partial charge in [0, 0.05) is 42.7 Å². The highest BCUT2D eigenvalue weighted by Crippen LogP contribution is 2.29. The number of nitrogens with zero attached hydrogens (tertiary/aromatic N) is 2. The maximum atomic E-state index is 12.8. The highest BCUT2D eigenvalue weighted by atomic mass is 16.5. The van der Waals surface area contributed by atoms with Crippen molar-refractivity contribution >= 4 is 27.7 Å². The number of fused-ring (bicyclic) bond motifs is 2. The molecule has 4 rings (SSSR count). The lowest BCUT2D eigenvalue weighted by molar-refractivity contribution is -0.121. The first-order chi connectivity index (χ1) is 15.1. The summed E-state index contributed by atoms with van der Waals surface area (Å²) in [5.74, 6) is 0.857. The van der Waals surface area contributed by atoms with E-state index in [-0.39, 0.29) is 24.4 Å². The summed E-state index contributed by atoms with van der Waals surface area (Å²) < 4.78 is 12.0. The molecule has 0 aliphatic rings. The van der Waals surface area contributed by atoms with Crippen molar-refractivity contribution in [1.29, 1.82) is 0 Å². The fraction of sp³-hybridized carbons (Fsp3) is 0.261. The standard InChI is InChI=1S/C23H24N4O4/c1-30-20-11-17-19(12-21(20)31-2)26-14-27(23(17)29)10-8-22(28)24-9-7-15-13-25-18-6-4-3-5-16(15)18/h3-6,11-14,25H,7-10H2,1-2H3,(H,24,28). The van der Waals surface area contributed by atoms with Crippen LogP contribution in [0.1, 0.15) is 12.0 Å². The SMILES string of the molecule is COc1cc2ncn(CCC(=O)NCCc3c[nH]c4ccccc34)c(=O)c2cc1OC. The zero-order chi connectivity index (χ0) is 21.8. The Morgan fingerprint density at radius 2 is 1.90 bits per heavy atom. The van der Waals surface area contributed by atoms with Gasteiger partial charge in [-0.05, 0) is 24.1 Å². The van der Waals surface area contributed by atoms with E-state index in [9.17, 15) is 9.59 Å². The van der Waals surface area contributed by atoms with Crippen LogP contribution in [-0.4, -0.2) is 41.2 Å². The first-order valence-electron chi connectivity index (χ1n) is 10.0. The molecule has 0 radical (unpaired) electrons. The minimum absolute atomic E-state index is 0.112. The predicted octanol–water partition coefficient (Wildman–Crippen LogP) is 2.64. The zero-order valence-electron chi connectivity index (χ0n) is 17.5. The molecule has 2 N–H and O–H groups in total. The summed E-state index contributed by atoms with van der Waals surface area (Å²) in [6.45, 7) is 0.775. The lowest BCUT2D eigenvalue weighted by atomic mass is 10.1. The number of ether oxygens (including phenoxy) is 2. The van der Waals surface area contributed by atoms with E-state index in [2.05, 4.69) is 21.4 Å². The van der Waals surface area contributed by atoms with Crippen LogP contribution in [0, 0.1) is 0 Å². The molecule has 0 saturated heterocycles. The molecule has 0 spiro atoms. The highest BCUT2D eigenvalue weighted by molar-refractivity contribution is 5.83. The van der Waals surface area contributed by atoms with E-state index in [0.717, 1.165) is 22.9 Å². The summed E-state index contributed by atoms with van der Waals surface area (Å²) >= 11 is 0. The summed E-state index contributed by atoms with van der Waals surface area (Å²) in [4.78, 5) is 32.6. The molecule has 0 aliphatic carbocycles. The Hall–Kier alpha value is -3.81. The van der Waals surface area contributed by atoms with Gasteiger partial charge in [0.2, 0.25) is 5.91 Å². The zero-order valence-corrected chi connectivity index (χ0v) is 17.5. The molecule has 0 unspecified atom stereocenters. The Morgan fingerprint density at radius 3 is 2.71 bits per heavy atom. The summed E-state index contributed by atoms with van der Waals surface area (Å²) in [5.41, 5.74) is 2.54. The molecule has 31 heavy (non-hydrogen) atoms. The molecule has 0 fully saturated rings. The molecule has 0 saturated carbocycles. The van der Waals surface area contributed by atoms with Gasteiger partial charge in [-0.25, -0.2) is 4.98 Å². The van der Waals surface area contributed by atoms with Gasteiger partial charge in [0.05, 0.1) is 31.4 Å². The quantitative estimate of drug-likeness (QED) is 0.457. The van der Waals surface area contributed by atoms with Crippen molar-refractivity contribution in [3.05, 3.63) is 64.8 Å². The molecule has 4 aromatic rings. The van der Waals surface area contributed by atoms with Crippen LogP contribution in [0.15, 0.2) is 53.7 Å². The molecule has 0 atom stereocenters. The van der Waals surface area contributed by atoms with E-state index < -0.39 is 0 Å². The van der Waals surface area contributed by atoms with Crippen LogP contribution in [-0.2, 0) is 17.8 Å². The minimum atomic E-state index is -0.224. The summed E-state index contributed by atoms with van der Waals surface area (Å²) in [6, 6.07) is 11.4. The second-order valence-corrected chi connectivity index (χ2v) is 7.18. The van der Waals surface area contributed by atoms with Crippen molar-refractivity contribution in [1.82, 2.24) is 19.9 Å². The normalized spacial score (nSPS) is 11.0. The van der Waals surface area contributed by atoms with Gasteiger partial charge in [-0.15, -0.1) is 0 Å². The Kier molecular flexibility index (Phi) is 5.88. The lowest BCUT2D eigenvalue weighted by Gasteiger charge is -2.10. The number of carbonyl (C=O) groups excluding carboxylic acids is 1. The van der Waals surface area contributed by atoms with Gasteiger partial charge < -0.3 is 19.8 Å². The van der Waals surface area contributed by atoms with Crippen molar-refractivity contribution in [3.8, 4) is 11.5 Å². The first-order valence-corrected chi connectivity index (χ1v) is 10.0. The van der Waals surface area contributed by atoms with Crippen molar-refractivity contribution in [3.63, 3.8) is 0 Å². The van der Waals surface area contributed by atoms with Gasteiger partial charge in [-0.1, -0.05) is 18.2 Å². The van der Waals surface area contributed by atoms with Gasteiger partial charge in [-0.3, -0.25) is 14.2 Å². The molecule has 2 aromatic carbocycles. The molecular weight excluding hydrogens is 396 g/mol. The number of rotatable bonds is 8. The molecule has 2 heterocycles. The van der Waals surface area contributed by atoms with Crippen LogP contribution in [0.3, 0.4) is 0 Å². The fourth-order valence-electron chi connectivity index (χ4n) is 3.63. The van der Waals surface area contributed by atoms with Gasteiger partial charge in [0.1, 0.15) is 0 Å². The Bertz CT molecular complexity index is 1290. The fourth-order valence-corrected chi connectivity index (χ4v) is 3.63. The molecule has 8 heteroatoms. The van der Waals surface area contributed by atoms with E-state index in [4.69, 9.17) is 9.47 Å². The number of H-pyrrole nitrogens is 1. The monoisotopic (exact) mass is 420 g/mol. The van der Waals surface area contributed by atoms with Gasteiger partial charge in [0.25, 0.3) is 5.56 Å². The van der Waals surface area contributed by atoms with E-state index in [1.807, 2.05) is 24.4 Å². The third-order valence-electron chi connectivity index (χ3n) is 5.30. The average Bonchev–Trinajstić information content (AvgIpc) is 3.21. The van der Waals surface area contributed by atoms with Gasteiger partial charge in [-0.2, -0.15) is 0 Å². The Balaban J connectivity index is 1.37. The second kappa shape index (κ2) is 8.91. The molecule has 2 aromatic heterocycles. The van der Waals surface area contributed by atoms with Crippen LogP contribution in [0.5, 0.6) is 11.5 Å². The molecule has 0 bridgehead atoms. The molecule has 8 nitrogen and oxygen atoms in total. The number of benzene rings is 2. The van der Waals surface area contributed by atoms with E-state index in [1.54, 1.807) is 12.1 Å². The van der Waals surface area contributed by atoms with Crippen LogP contribution >= 0.6 is 0 Å². The number of nitrogens with one attached hydrogen (secondary N) is 2. The van der Waals surface area contributed by atoms with Crippen LogP contribution in [0.2, 0.25) is 0 Å². The number of hydrogen-bond acceptors (Lipinski definition) is 5. The average molecular weight is 420 g/mol. The number of para-hydroxylation sites is 1. The number of amides is 1. The summed E-state index contributed by atoms with van der Waals surface area (Å²) in [7, 11) is 3.04. The lowest BCUT2D eigenvalue weighted by Crippen LogP contribution is -2.29. The Morgan fingerprint density at radius 1 is 1.13 bits per heavy atom. The number of aryl methyl sites for hydroxylation is 1. The topological polar surface area (TPSA) is 98.2 Å². The molecule has 1 amide bonds. The number of methoxy groups -OCH3 is 2. The van der Waals surface area contributed by atoms with Crippen LogP contribution in [0.25, 0.3) is 21.8 Å². The predicted molar refractivity (Wildman–Crippen MR) is 119 cm³/mol. The second-order valence-electron chi connectivity index (χ2n) is 7.18. The van der Waals surface area contributed by atoms with Crippen LogP contribution in [0.4, 0.5) is 0 Å². The third-order valence-corrected chi connectivity index (χ3v) is 5.30. The van der Waals surface area contributed by atoms with E-state index in [0.29, 0.717) is 28.9 Å². The van der Waals surface area contributed by atoms with Crippen LogP contribution < -0.4 is 20.3 Å². The van der Waals surface area contributed by atoms with Gasteiger partial charge >= 0.3 is 0 Å². The molecular formula is C23H24N4O4. The number of aromatic amines is 1. The van der Waals surface area contributed by atoms with Crippen molar-refractivity contribution in [2.45, 2.75) is 19.4 Å². The largest absolute Gasteiger partial charge is 0.493 e. The third kappa shape index (κ3) is 4.23. The maximum Gasteiger partial charge on any atom is 0.261 e. The number of aromatic nitrogens is 3. The van der Waals surface area contributed by atoms with E-state index >= 15 is 0 Å². The smallest absolute Gasteiger partial charge is 0.261 e.